The number of fused-ring (bicyclic) bond motifs is 1. The van der Waals surface area contributed by atoms with Gasteiger partial charge in [-0.3, -0.25) is 9.59 Å². The molecule has 2 atom stereocenters. The predicted molar refractivity (Wildman–Crippen MR) is 119 cm³/mol. The number of nitrogens with one attached hydrogen (secondary N) is 2. The van der Waals surface area contributed by atoms with E-state index >= 15 is 0 Å². The molecule has 31 heavy (non-hydrogen) atoms. The van der Waals surface area contributed by atoms with Crippen molar-refractivity contribution in [3.8, 4) is 0 Å². The summed E-state index contributed by atoms with van der Waals surface area (Å²) < 4.78 is 13.3. The zero-order valence-electron chi connectivity index (χ0n) is 17.6. The Labute approximate surface area is 181 Å². The molecule has 0 spiro atoms. The first-order chi connectivity index (χ1) is 14.8. The molecule has 162 valence electrons. The van der Waals surface area contributed by atoms with Crippen LogP contribution in [0, 0.1) is 11.7 Å². The summed E-state index contributed by atoms with van der Waals surface area (Å²) in [6, 6.07) is 18.6. The van der Waals surface area contributed by atoms with E-state index in [0.717, 1.165) is 16.3 Å². The molecule has 0 heterocycles. The third kappa shape index (κ3) is 6.12. The van der Waals surface area contributed by atoms with E-state index in [2.05, 4.69) is 10.6 Å². The van der Waals surface area contributed by atoms with E-state index in [9.17, 15) is 19.1 Å². The fourth-order valence-corrected chi connectivity index (χ4v) is 3.43. The SMILES string of the molecule is CC(C)C(NC(=O)Cc1ccc2ccccc2c1)C(=O)NCC(O)c1cccc(F)c1. The summed E-state index contributed by atoms with van der Waals surface area (Å²) in [6.07, 6.45) is -0.881. The van der Waals surface area contributed by atoms with Crippen LogP contribution in [0.1, 0.15) is 31.1 Å². The van der Waals surface area contributed by atoms with Crippen molar-refractivity contribution in [2.45, 2.75) is 32.4 Å². The standard InChI is InChI=1S/C25H27FN2O3/c1-16(2)24(25(31)27-15-22(29)20-8-5-9-21(26)14-20)28-23(30)13-17-10-11-18-6-3-4-7-19(18)12-17/h3-12,14,16,22,24,29H,13,15H2,1-2H3,(H,27,31)(H,28,30). The Morgan fingerprint density at radius 3 is 2.42 bits per heavy atom. The summed E-state index contributed by atoms with van der Waals surface area (Å²) in [5.41, 5.74) is 1.24. The molecule has 5 nitrogen and oxygen atoms in total. The van der Waals surface area contributed by atoms with Gasteiger partial charge in [0.15, 0.2) is 0 Å². The van der Waals surface area contributed by atoms with Crippen molar-refractivity contribution in [1.82, 2.24) is 10.6 Å². The molecule has 3 N–H and O–H groups in total. The molecule has 3 rings (SSSR count). The highest BCUT2D eigenvalue weighted by atomic mass is 19.1. The number of hydrogen-bond donors (Lipinski definition) is 3. The van der Waals surface area contributed by atoms with E-state index in [1.54, 1.807) is 6.07 Å². The van der Waals surface area contributed by atoms with Gasteiger partial charge in [0.1, 0.15) is 11.9 Å². The fraction of sp³-hybridized carbons (Fsp3) is 0.280. The molecule has 0 aromatic heterocycles. The average Bonchev–Trinajstić information content (AvgIpc) is 2.75. The molecular formula is C25H27FN2O3. The summed E-state index contributed by atoms with van der Waals surface area (Å²) in [5.74, 6) is -1.25. The number of rotatable bonds is 8. The maximum Gasteiger partial charge on any atom is 0.242 e. The van der Waals surface area contributed by atoms with Crippen LogP contribution in [0.3, 0.4) is 0 Å². The van der Waals surface area contributed by atoms with Crippen molar-refractivity contribution in [3.05, 3.63) is 83.7 Å². The molecule has 0 aliphatic carbocycles. The fourth-order valence-electron chi connectivity index (χ4n) is 3.43. The number of hydrogen-bond acceptors (Lipinski definition) is 3. The first-order valence-electron chi connectivity index (χ1n) is 10.3. The molecule has 2 amide bonds. The lowest BCUT2D eigenvalue weighted by molar-refractivity contribution is -0.130. The van der Waals surface area contributed by atoms with E-state index in [1.807, 2.05) is 56.3 Å². The van der Waals surface area contributed by atoms with Crippen LogP contribution in [-0.4, -0.2) is 29.5 Å². The summed E-state index contributed by atoms with van der Waals surface area (Å²) in [6.45, 7) is 3.60. The second kappa shape index (κ2) is 10.2. The largest absolute Gasteiger partial charge is 0.387 e. The molecule has 0 aliphatic heterocycles. The topological polar surface area (TPSA) is 78.4 Å². The first kappa shape index (κ1) is 22.4. The molecular weight excluding hydrogens is 395 g/mol. The molecule has 2 unspecified atom stereocenters. The number of aliphatic hydroxyl groups is 1. The van der Waals surface area contributed by atoms with Crippen LogP contribution in [0.4, 0.5) is 4.39 Å². The molecule has 0 saturated heterocycles. The van der Waals surface area contributed by atoms with E-state index in [0.29, 0.717) is 5.56 Å². The normalized spacial score (nSPS) is 13.1. The quantitative estimate of drug-likeness (QED) is 0.520. The van der Waals surface area contributed by atoms with Crippen LogP contribution in [0.25, 0.3) is 10.8 Å². The highest BCUT2D eigenvalue weighted by molar-refractivity contribution is 5.89. The van der Waals surface area contributed by atoms with Crippen molar-refractivity contribution < 1.29 is 19.1 Å². The third-order valence-electron chi connectivity index (χ3n) is 5.15. The van der Waals surface area contributed by atoms with Crippen molar-refractivity contribution in [2.24, 2.45) is 5.92 Å². The minimum Gasteiger partial charge on any atom is -0.387 e. The van der Waals surface area contributed by atoms with Gasteiger partial charge in [-0.2, -0.15) is 0 Å². The average molecular weight is 423 g/mol. The van der Waals surface area contributed by atoms with Gasteiger partial charge in [-0.1, -0.05) is 68.4 Å². The zero-order chi connectivity index (χ0) is 22.4. The summed E-state index contributed by atoms with van der Waals surface area (Å²) >= 11 is 0. The molecule has 0 saturated carbocycles. The number of amides is 2. The van der Waals surface area contributed by atoms with Crippen molar-refractivity contribution in [2.75, 3.05) is 6.54 Å². The van der Waals surface area contributed by atoms with Gasteiger partial charge in [0.2, 0.25) is 11.8 Å². The lowest BCUT2D eigenvalue weighted by Crippen LogP contribution is -2.50. The van der Waals surface area contributed by atoms with Crippen LogP contribution in [0.2, 0.25) is 0 Å². The van der Waals surface area contributed by atoms with Gasteiger partial charge in [0.05, 0.1) is 12.5 Å². The minimum atomic E-state index is -1.04. The van der Waals surface area contributed by atoms with Gasteiger partial charge in [-0.15, -0.1) is 0 Å². The summed E-state index contributed by atoms with van der Waals surface area (Å²) in [5, 5.41) is 17.8. The Kier molecular flexibility index (Phi) is 7.36. The molecule has 3 aromatic carbocycles. The molecule has 6 heteroatoms. The molecule has 0 radical (unpaired) electrons. The zero-order valence-corrected chi connectivity index (χ0v) is 17.6. The Morgan fingerprint density at radius 1 is 0.968 bits per heavy atom. The maximum absolute atomic E-state index is 13.3. The lowest BCUT2D eigenvalue weighted by Gasteiger charge is -2.23. The van der Waals surface area contributed by atoms with Gasteiger partial charge >= 0.3 is 0 Å². The van der Waals surface area contributed by atoms with Gasteiger partial charge in [-0.25, -0.2) is 4.39 Å². The van der Waals surface area contributed by atoms with E-state index in [4.69, 9.17) is 0 Å². The minimum absolute atomic E-state index is 0.0773. The maximum atomic E-state index is 13.3. The number of benzene rings is 3. The lowest BCUT2D eigenvalue weighted by atomic mass is 10.0. The number of carbonyl (C=O) groups is 2. The molecule has 0 fully saturated rings. The highest BCUT2D eigenvalue weighted by Crippen LogP contribution is 2.16. The number of halogens is 1. The van der Waals surface area contributed by atoms with Crippen LogP contribution in [-0.2, 0) is 16.0 Å². The number of aliphatic hydroxyl groups excluding tert-OH is 1. The Balaban J connectivity index is 1.58. The summed E-state index contributed by atoms with van der Waals surface area (Å²) in [4.78, 5) is 25.2. The third-order valence-corrected chi connectivity index (χ3v) is 5.15. The van der Waals surface area contributed by atoms with Crippen molar-refractivity contribution in [1.29, 1.82) is 0 Å². The second-order valence-electron chi connectivity index (χ2n) is 7.96. The van der Waals surface area contributed by atoms with Crippen LogP contribution >= 0.6 is 0 Å². The Morgan fingerprint density at radius 2 is 1.71 bits per heavy atom. The van der Waals surface area contributed by atoms with Crippen LogP contribution < -0.4 is 10.6 Å². The number of carbonyl (C=O) groups excluding carboxylic acids is 2. The van der Waals surface area contributed by atoms with E-state index < -0.39 is 23.9 Å². The molecule has 0 aliphatic rings. The van der Waals surface area contributed by atoms with E-state index in [1.165, 1.54) is 18.2 Å². The van der Waals surface area contributed by atoms with Crippen molar-refractivity contribution >= 4 is 22.6 Å². The van der Waals surface area contributed by atoms with Crippen LogP contribution in [0.15, 0.2) is 66.7 Å². The Hall–Kier alpha value is -3.25. The van der Waals surface area contributed by atoms with Gasteiger partial charge in [0, 0.05) is 6.54 Å². The predicted octanol–water partition coefficient (Wildman–Crippen LogP) is 3.51. The van der Waals surface area contributed by atoms with Gasteiger partial charge in [-0.05, 0) is 39.9 Å². The molecule has 3 aromatic rings. The van der Waals surface area contributed by atoms with E-state index in [-0.39, 0.29) is 24.8 Å². The molecule has 0 bridgehead atoms. The summed E-state index contributed by atoms with van der Waals surface area (Å²) in [7, 11) is 0. The smallest absolute Gasteiger partial charge is 0.242 e. The van der Waals surface area contributed by atoms with Crippen molar-refractivity contribution in [3.63, 3.8) is 0 Å². The van der Waals surface area contributed by atoms with Gasteiger partial charge in [0.25, 0.3) is 0 Å². The Bertz CT molecular complexity index is 1070. The van der Waals surface area contributed by atoms with Gasteiger partial charge < -0.3 is 15.7 Å². The monoisotopic (exact) mass is 422 g/mol. The first-order valence-corrected chi connectivity index (χ1v) is 10.3. The van der Waals surface area contributed by atoms with Crippen LogP contribution in [0.5, 0.6) is 0 Å². The highest BCUT2D eigenvalue weighted by Gasteiger charge is 2.24. The second-order valence-corrected chi connectivity index (χ2v) is 7.96.